The lowest BCUT2D eigenvalue weighted by molar-refractivity contribution is 0.227. The predicted octanol–water partition coefficient (Wildman–Crippen LogP) is 1.32. The Morgan fingerprint density at radius 1 is 1.47 bits per heavy atom. The first-order chi connectivity index (χ1) is 8.86. The molecule has 0 aromatic carbocycles. The lowest BCUT2D eigenvalue weighted by Crippen LogP contribution is -2.43. The quantitative estimate of drug-likeness (QED) is 0.548. The summed E-state index contributed by atoms with van der Waals surface area (Å²) in [6, 6.07) is 0.291. The van der Waals surface area contributed by atoms with Crippen LogP contribution < -0.4 is 11.3 Å². The average molecular weight is 291 g/mol. The van der Waals surface area contributed by atoms with Crippen molar-refractivity contribution >= 4 is 10.0 Å². The minimum atomic E-state index is -3.05. The van der Waals surface area contributed by atoms with Crippen molar-refractivity contribution in [2.24, 2.45) is 17.7 Å². The molecule has 1 heterocycles. The van der Waals surface area contributed by atoms with Crippen LogP contribution in [-0.4, -0.2) is 38.1 Å². The van der Waals surface area contributed by atoms with Gasteiger partial charge in [0, 0.05) is 19.1 Å². The first kappa shape index (κ1) is 16.9. The number of nitrogens with two attached hydrogens (primary N) is 1. The van der Waals surface area contributed by atoms with E-state index in [-0.39, 0.29) is 0 Å². The molecule has 0 aliphatic carbocycles. The van der Waals surface area contributed by atoms with Crippen LogP contribution in [0.4, 0.5) is 0 Å². The smallest absolute Gasteiger partial charge is 0.211 e. The Labute approximate surface area is 117 Å². The maximum absolute atomic E-state index is 11.6. The molecule has 1 fully saturated rings. The largest absolute Gasteiger partial charge is 0.271 e. The van der Waals surface area contributed by atoms with Crippen LogP contribution in [-0.2, 0) is 10.0 Å². The van der Waals surface area contributed by atoms with Gasteiger partial charge < -0.3 is 0 Å². The molecule has 0 aromatic rings. The molecule has 1 rings (SSSR count). The number of piperidine rings is 1. The summed E-state index contributed by atoms with van der Waals surface area (Å²) in [5, 5.41) is 0. The van der Waals surface area contributed by atoms with E-state index in [9.17, 15) is 8.42 Å². The van der Waals surface area contributed by atoms with Gasteiger partial charge in [-0.25, -0.2) is 12.7 Å². The van der Waals surface area contributed by atoms with E-state index in [1.807, 2.05) is 0 Å². The third-order valence-electron chi connectivity index (χ3n) is 4.19. The number of hydrogen-bond acceptors (Lipinski definition) is 4. The second kappa shape index (κ2) is 7.57. The molecule has 0 spiro atoms. The molecule has 114 valence electrons. The van der Waals surface area contributed by atoms with Gasteiger partial charge in [-0.3, -0.25) is 11.3 Å². The van der Waals surface area contributed by atoms with Crippen LogP contribution in [0.2, 0.25) is 0 Å². The van der Waals surface area contributed by atoms with E-state index in [2.05, 4.69) is 19.3 Å². The molecule has 1 aliphatic rings. The molecule has 1 aliphatic heterocycles. The zero-order valence-corrected chi connectivity index (χ0v) is 13.2. The van der Waals surface area contributed by atoms with Crippen LogP contribution in [0.1, 0.15) is 46.0 Å². The average Bonchev–Trinajstić information content (AvgIpc) is 2.37. The molecule has 19 heavy (non-hydrogen) atoms. The molecule has 0 saturated carbocycles. The standard InChI is InChI=1S/C13H29N3O2S/c1-4-11(2)8-13(15-14)9-12-6-5-7-16(10-12)19(3,17)18/h11-13,15H,4-10,14H2,1-3H3. The van der Waals surface area contributed by atoms with E-state index in [1.165, 1.54) is 6.26 Å². The molecule has 0 amide bonds. The molecular weight excluding hydrogens is 262 g/mol. The number of nitrogens with one attached hydrogen (secondary N) is 1. The van der Waals surface area contributed by atoms with Crippen molar-refractivity contribution in [2.45, 2.75) is 52.0 Å². The molecule has 0 bridgehead atoms. The minimum absolute atomic E-state index is 0.291. The van der Waals surface area contributed by atoms with Crippen LogP contribution in [0.25, 0.3) is 0 Å². The summed E-state index contributed by atoms with van der Waals surface area (Å²) >= 11 is 0. The first-order valence-electron chi connectivity index (χ1n) is 7.28. The summed E-state index contributed by atoms with van der Waals surface area (Å²) in [6.07, 6.45) is 6.53. The van der Waals surface area contributed by atoms with E-state index in [0.717, 1.165) is 32.1 Å². The highest BCUT2D eigenvalue weighted by atomic mass is 32.2. The summed E-state index contributed by atoms with van der Waals surface area (Å²) in [5.41, 5.74) is 2.90. The third kappa shape index (κ3) is 5.77. The van der Waals surface area contributed by atoms with Crippen LogP contribution in [0.3, 0.4) is 0 Å². The zero-order valence-electron chi connectivity index (χ0n) is 12.4. The number of hydrogen-bond donors (Lipinski definition) is 2. The molecule has 3 unspecified atom stereocenters. The summed E-state index contributed by atoms with van der Waals surface area (Å²) in [5.74, 6) is 6.70. The van der Waals surface area contributed by atoms with Crippen LogP contribution >= 0.6 is 0 Å². The summed E-state index contributed by atoms with van der Waals surface area (Å²) in [4.78, 5) is 0. The molecular formula is C13H29N3O2S. The SMILES string of the molecule is CCC(C)CC(CC1CCCN(S(C)(=O)=O)C1)NN. The zero-order chi connectivity index (χ0) is 14.5. The van der Waals surface area contributed by atoms with Crippen molar-refractivity contribution in [3.63, 3.8) is 0 Å². The van der Waals surface area contributed by atoms with Gasteiger partial charge in [0.1, 0.15) is 0 Å². The molecule has 3 N–H and O–H groups in total. The van der Waals surface area contributed by atoms with Gasteiger partial charge in [0.25, 0.3) is 0 Å². The summed E-state index contributed by atoms with van der Waals surface area (Å²) in [6.45, 7) is 5.73. The maximum Gasteiger partial charge on any atom is 0.211 e. The molecule has 5 nitrogen and oxygen atoms in total. The highest BCUT2D eigenvalue weighted by Crippen LogP contribution is 2.24. The molecule has 0 radical (unpaired) electrons. The second-order valence-electron chi connectivity index (χ2n) is 5.98. The Bertz CT molecular complexity index is 359. The highest BCUT2D eigenvalue weighted by molar-refractivity contribution is 7.88. The van der Waals surface area contributed by atoms with Crippen molar-refractivity contribution in [1.82, 2.24) is 9.73 Å². The van der Waals surface area contributed by atoms with Crippen LogP contribution in [0, 0.1) is 11.8 Å². The van der Waals surface area contributed by atoms with Gasteiger partial charge in [-0.1, -0.05) is 20.3 Å². The summed E-state index contributed by atoms with van der Waals surface area (Å²) in [7, 11) is -3.05. The highest BCUT2D eigenvalue weighted by Gasteiger charge is 2.27. The Hall–Kier alpha value is -0.170. The Kier molecular flexibility index (Phi) is 6.73. The van der Waals surface area contributed by atoms with Crippen LogP contribution in [0.15, 0.2) is 0 Å². The summed E-state index contributed by atoms with van der Waals surface area (Å²) < 4.78 is 24.8. The number of hydrazine groups is 1. The second-order valence-corrected chi connectivity index (χ2v) is 7.96. The van der Waals surface area contributed by atoms with Crippen molar-refractivity contribution < 1.29 is 8.42 Å². The van der Waals surface area contributed by atoms with Crippen molar-refractivity contribution in [2.75, 3.05) is 19.3 Å². The van der Waals surface area contributed by atoms with Gasteiger partial charge in [-0.15, -0.1) is 0 Å². The predicted molar refractivity (Wildman–Crippen MR) is 78.9 cm³/mol. The minimum Gasteiger partial charge on any atom is -0.271 e. The van der Waals surface area contributed by atoms with Gasteiger partial charge in [0.2, 0.25) is 10.0 Å². The normalized spacial score (nSPS) is 25.2. The van der Waals surface area contributed by atoms with Crippen molar-refractivity contribution in [3.05, 3.63) is 0 Å². The number of nitrogens with zero attached hydrogens (tertiary/aromatic N) is 1. The molecule has 3 atom stereocenters. The van der Waals surface area contributed by atoms with Gasteiger partial charge in [0.05, 0.1) is 6.26 Å². The fraction of sp³-hybridized carbons (Fsp3) is 1.00. The van der Waals surface area contributed by atoms with Crippen molar-refractivity contribution in [3.8, 4) is 0 Å². The fourth-order valence-electron chi connectivity index (χ4n) is 2.81. The van der Waals surface area contributed by atoms with Gasteiger partial charge >= 0.3 is 0 Å². The van der Waals surface area contributed by atoms with E-state index >= 15 is 0 Å². The fourth-order valence-corrected chi connectivity index (χ4v) is 3.75. The first-order valence-corrected chi connectivity index (χ1v) is 9.12. The monoisotopic (exact) mass is 291 g/mol. The molecule has 1 saturated heterocycles. The topological polar surface area (TPSA) is 75.4 Å². The Balaban J connectivity index is 2.50. The van der Waals surface area contributed by atoms with E-state index in [4.69, 9.17) is 5.84 Å². The molecule has 0 aromatic heterocycles. The number of rotatable bonds is 7. The third-order valence-corrected chi connectivity index (χ3v) is 5.46. The Morgan fingerprint density at radius 3 is 2.68 bits per heavy atom. The van der Waals surface area contributed by atoms with Gasteiger partial charge in [0.15, 0.2) is 0 Å². The lowest BCUT2D eigenvalue weighted by atomic mass is 9.88. The van der Waals surface area contributed by atoms with Crippen molar-refractivity contribution in [1.29, 1.82) is 0 Å². The Morgan fingerprint density at radius 2 is 2.16 bits per heavy atom. The number of sulfonamides is 1. The van der Waals surface area contributed by atoms with Gasteiger partial charge in [-0.05, 0) is 37.5 Å². The van der Waals surface area contributed by atoms with Gasteiger partial charge in [-0.2, -0.15) is 0 Å². The van der Waals surface area contributed by atoms with E-state index in [0.29, 0.717) is 31.0 Å². The van der Waals surface area contributed by atoms with E-state index < -0.39 is 10.0 Å². The van der Waals surface area contributed by atoms with E-state index in [1.54, 1.807) is 4.31 Å². The lowest BCUT2D eigenvalue weighted by Gasteiger charge is -2.33. The van der Waals surface area contributed by atoms with Crippen LogP contribution in [0.5, 0.6) is 0 Å². The maximum atomic E-state index is 11.6. The molecule has 6 heteroatoms.